The van der Waals surface area contributed by atoms with Gasteiger partial charge >= 0.3 is 0 Å². The van der Waals surface area contributed by atoms with Crippen LogP contribution in [0.25, 0.3) is 11.1 Å². The molecule has 0 aromatic heterocycles. The molecule has 2 aromatic carbocycles. The van der Waals surface area contributed by atoms with Gasteiger partial charge in [-0.3, -0.25) is 9.69 Å². The van der Waals surface area contributed by atoms with Crippen molar-refractivity contribution in [3.05, 3.63) is 48.0 Å². The zero-order valence-corrected chi connectivity index (χ0v) is 15.4. The summed E-state index contributed by atoms with van der Waals surface area (Å²) >= 11 is 0. The van der Waals surface area contributed by atoms with Gasteiger partial charge in [0.1, 0.15) is 0 Å². The van der Waals surface area contributed by atoms with Gasteiger partial charge in [-0.1, -0.05) is 25.1 Å². The van der Waals surface area contributed by atoms with E-state index in [1.807, 2.05) is 30.3 Å². The quantitative estimate of drug-likeness (QED) is 0.836. The van der Waals surface area contributed by atoms with Crippen LogP contribution in [0, 0.1) is 0 Å². The van der Waals surface area contributed by atoms with Crippen molar-refractivity contribution >= 4 is 5.91 Å². The second-order valence-corrected chi connectivity index (χ2v) is 6.60. The van der Waals surface area contributed by atoms with E-state index in [-0.39, 0.29) is 11.7 Å². The Hall–Kier alpha value is -2.53. The number of nitrogens with one attached hydrogen (secondary N) is 1. The minimum Gasteiger partial charge on any atom is -0.504 e. The SMILES string of the molecule is CCN1CCC[C@@H]1CNC(=O)c1cccc(-c2ccc(O)c(OC)c2)c1. The maximum absolute atomic E-state index is 12.6. The van der Waals surface area contributed by atoms with Crippen LogP contribution in [-0.2, 0) is 0 Å². The molecule has 5 nitrogen and oxygen atoms in total. The van der Waals surface area contributed by atoms with E-state index in [0.717, 1.165) is 30.6 Å². The third-order valence-electron chi connectivity index (χ3n) is 5.04. The third kappa shape index (κ3) is 3.99. The second-order valence-electron chi connectivity index (χ2n) is 6.60. The Morgan fingerprint density at radius 1 is 1.27 bits per heavy atom. The van der Waals surface area contributed by atoms with Crippen molar-refractivity contribution in [3.8, 4) is 22.6 Å². The number of phenolic OH excluding ortho intramolecular Hbond substituents is 1. The fourth-order valence-corrected chi connectivity index (χ4v) is 3.55. The molecule has 1 atom stereocenters. The monoisotopic (exact) mass is 354 g/mol. The molecule has 138 valence electrons. The summed E-state index contributed by atoms with van der Waals surface area (Å²) < 4.78 is 5.17. The smallest absolute Gasteiger partial charge is 0.251 e. The van der Waals surface area contributed by atoms with Crippen LogP contribution in [0.1, 0.15) is 30.1 Å². The van der Waals surface area contributed by atoms with Crippen LogP contribution < -0.4 is 10.1 Å². The molecule has 2 aromatic rings. The Bertz CT molecular complexity index is 776. The average Bonchev–Trinajstić information content (AvgIpc) is 3.14. The predicted molar refractivity (Wildman–Crippen MR) is 103 cm³/mol. The van der Waals surface area contributed by atoms with E-state index in [1.54, 1.807) is 12.1 Å². The molecule has 5 heteroatoms. The molecule has 2 N–H and O–H groups in total. The predicted octanol–water partition coefficient (Wildman–Crippen LogP) is 3.28. The van der Waals surface area contributed by atoms with Gasteiger partial charge in [0.2, 0.25) is 0 Å². The molecule has 1 aliphatic rings. The van der Waals surface area contributed by atoms with Gasteiger partial charge in [0, 0.05) is 18.2 Å². The highest BCUT2D eigenvalue weighted by Crippen LogP contribution is 2.31. The summed E-state index contributed by atoms with van der Waals surface area (Å²) in [6.45, 7) is 4.99. The summed E-state index contributed by atoms with van der Waals surface area (Å²) in [6, 6.07) is 13.1. The lowest BCUT2D eigenvalue weighted by Crippen LogP contribution is -2.40. The number of benzene rings is 2. The van der Waals surface area contributed by atoms with Crippen molar-refractivity contribution in [2.45, 2.75) is 25.8 Å². The van der Waals surface area contributed by atoms with Gasteiger partial charge in [0.05, 0.1) is 7.11 Å². The molecule has 1 fully saturated rings. The summed E-state index contributed by atoms with van der Waals surface area (Å²) in [4.78, 5) is 15.0. The number of hydrogen-bond donors (Lipinski definition) is 2. The van der Waals surface area contributed by atoms with Gasteiger partial charge in [0.15, 0.2) is 11.5 Å². The first-order chi connectivity index (χ1) is 12.6. The van der Waals surface area contributed by atoms with Crippen LogP contribution in [0.4, 0.5) is 0 Å². The van der Waals surface area contributed by atoms with E-state index in [9.17, 15) is 9.90 Å². The van der Waals surface area contributed by atoms with Gasteiger partial charge in [-0.15, -0.1) is 0 Å². The maximum Gasteiger partial charge on any atom is 0.251 e. The second kappa shape index (κ2) is 8.23. The molecule has 0 radical (unpaired) electrons. The molecular weight excluding hydrogens is 328 g/mol. The Labute approximate surface area is 154 Å². The van der Waals surface area contributed by atoms with Crippen molar-refractivity contribution in [3.63, 3.8) is 0 Å². The zero-order chi connectivity index (χ0) is 18.5. The number of rotatable bonds is 6. The van der Waals surface area contributed by atoms with Crippen molar-refractivity contribution in [1.29, 1.82) is 0 Å². The number of likely N-dealkylation sites (tertiary alicyclic amines) is 1. The molecule has 1 heterocycles. The van der Waals surface area contributed by atoms with E-state index in [0.29, 0.717) is 23.9 Å². The highest BCUT2D eigenvalue weighted by molar-refractivity contribution is 5.95. The van der Waals surface area contributed by atoms with Gasteiger partial charge in [0.25, 0.3) is 5.91 Å². The summed E-state index contributed by atoms with van der Waals surface area (Å²) in [7, 11) is 1.52. The Morgan fingerprint density at radius 3 is 2.85 bits per heavy atom. The molecule has 0 aliphatic carbocycles. The fourth-order valence-electron chi connectivity index (χ4n) is 3.55. The summed E-state index contributed by atoms with van der Waals surface area (Å²) in [5.74, 6) is 0.459. The van der Waals surface area contributed by atoms with E-state index < -0.39 is 0 Å². The minimum atomic E-state index is -0.0550. The largest absolute Gasteiger partial charge is 0.504 e. The van der Waals surface area contributed by atoms with E-state index >= 15 is 0 Å². The summed E-state index contributed by atoms with van der Waals surface area (Å²) in [6.07, 6.45) is 2.34. The summed E-state index contributed by atoms with van der Waals surface area (Å²) in [5, 5.41) is 12.8. The number of carbonyl (C=O) groups excluding carboxylic acids is 1. The van der Waals surface area contributed by atoms with E-state index in [2.05, 4.69) is 17.1 Å². The lowest BCUT2D eigenvalue weighted by atomic mass is 10.0. The number of hydrogen-bond acceptors (Lipinski definition) is 4. The number of carbonyl (C=O) groups is 1. The Balaban J connectivity index is 1.71. The number of ether oxygens (including phenoxy) is 1. The van der Waals surface area contributed by atoms with Crippen LogP contribution in [0.3, 0.4) is 0 Å². The molecule has 1 amide bonds. The standard InChI is InChI=1S/C21H26N2O3/c1-3-23-11-5-8-18(23)14-22-21(25)17-7-4-6-15(12-17)16-9-10-19(24)20(13-16)26-2/h4,6-7,9-10,12-13,18,24H,3,5,8,11,14H2,1-2H3,(H,22,25)/t18-/m1/s1. The van der Waals surface area contributed by atoms with Crippen LogP contribution in [0.5, 0.6) is 11.5 Å². The molecule has 26 heavy (non-hydrogen) atoms. The first-order valence-corrected chi connectivity index (χ1v) is 9.12. The van der Waals surface area contributed by atoms with Gasteiger partial charge in [-0.25, -0.2) is 0 Å². The molecule has 0 bridgehead atoms. The zero-order valence-electron chi connectivity index (χ0n) is 15.4. The first kappa shape index (κ1) is 18.3. The van der Waals surface area contributed by atoms with Crippen LogP contribution in [-0.4, -0.2) is 48.7 Å². The molecular formula is C21H26N2O3. The third-order valence-corrected chi connectivity index (χ3v) is 5.04. The molecule has 0 spiro atoms. The van der Waals surface area contributed by atoms with E-state index in [1.165, 1.54) is 13.5 Å². The number of nitrogens with zero attached hydrogens (tertiary/aromatic N) is 1. The number of likely N-dealkylation sites (N-methyl/N-ethyl adjacent to an activating group) is 1. The maximum atomic E-state index is 12.6. The molecule has 0 saturated carbocycles. The van der Waals surface area contributed by atoms with Crippen molar-refractivity contribution in [2.75, 3.05) is 26.7 Å². The Kier molecular flexibility index (Phi) is 5.78. The lowest BCUT2D eigenvalue weighted by Gasteiger charge is -2.22. The number of aromatic hydroxyl groups is 1. The van der Waals surface area contributed by atoms with Crippen molar-refractivity contribution < 1.29 is 14.6 Å². The van der Waals surface area contributed by atoms with Crippen LogP contribution >= 0.6 is 0 Å². The topological polar surface area (TPSA) is 61.8 Å². The fraction of sp³-hybridized carbons (Fsp3) is 0.381. The van der Waals surface area contributed by atoms with Crippen molar-refractivity contribution in [2.24, 2.45) is 0 Å². The van der Waals surface area contributed by atoms with Crippen LogP contribution in [0.15, 0.2) is 42.5 Å². The average molecular weight is 354 g/mol. The Morgan fingerprint density at radius 2 is 2.08 bits per heavy atom. The summed E-state index contributed by atoms with van der Waals surface area (Å²) in [5.41, 5.74) is 2.44. The normalized spacial score (nSPS) is 17.2. The first-order valence-electron chi connectivity index (χ1n) is 9.12. The lowest BCUT2D eigenvalue weighted by molar-refractivity contribution is 0.0941. The highest BCUT2D eigenvalue weighted by atomic mass is 16.5. The van der Waals surface area contributed by atoms with Gasteiger partial charge in [-0.2, -0.15) is 0 Å². The van der Waals surface area contributed by atoms with Gasteiger partial charge < -0.3 is 15.2 Å². The molecule has 3 rings (SSSR count). The number of phenols is 1. The minimum absolute atomic E-state index is 0.0550. The molecule has 1 saturated heterocycles. The van der Waals surface area contributed by atoms with Crippen molar-refractivity contribution in [1.82, 2.24) is 10.2 Å². The number of methoxy groups -OCH3 is 1. The van der Waals surface area contributed by atoms with Crippen LogP contribution in [0.2, 0.25) is 0 Å². The van der Waals surface area contributed by atoms with Gasteiger partial charge in [-0.05, 0) is 61.3 Å². The molecule has 0 unspecified atom stereocenters. The number of amides is 1. The molecule has 1 aliphatic heterocycles. The highest BCUT2D eigenvalue weighted by Gasteiger charge is 2.23. The van der Waals surface area contributed by atoms with E-state index in [4.69, 9.17) is 4.74 Å².